The normalized spacial score (nSPS) is 13.4. The largest absolute Gasteiger partial charge is 0.756 e. The molecular formula is C82H165N2O6P. The number of amides is 1. The van der Waals surface area contributed by atoms with Crippen LogP contribution in [0.2, 0.25) is 0 Å². The number of aliphatic hydroxyl groups is 1. The van der Waals surface area contributed by atoms with Crippen LogP contribution in [0.5, 0.6) is 0 Å². The van der Waals surface area contributed by atoms with Crippen LogP contribution in [0.3, 0.4) is 0 Å². The predicted molar refractivity (Wildman–Crippen MR) is 399 cm³/mol. The van der Waals surface area contributed by atoms with Crippen LogP contribution in [0.4, 0.5) is 0 Å². The van der Waals surface area contributed by atoms with Gasteiger partial charge in [-0.25, -0.2) is 0 Å². The maximum Gasteiger partial charge on any atom is 0.268 e. The molecule has 0 aromatic carbocycles. The standard InChI is InChI=1S/C82H165N2O6P/c1-6-8-10-12-14-16-18-20-22-24-26-28-30-32-34-36-37-38-39-40-41-42-43-44-45-46-47-48-50-52-54-56-58-60-62-64-66-68-70-72-74-76-82(86)83-80(79-90-91(87,88)89-78-77-84(3,4)5)81(85)75-73-71-69-67-65-63-61-59-57-55-53-51-49-35-33-31-29-27-25-23-21-19-17-15-13-11-9-7-2/h24,26,80-81,85H,6-23,25,27-79H2,1-5H3,(H-,83,86,87,88)/b26-24-. The minimum absolute atomic E-state index is 0.0165. The maximum absolute atomic E-state index is 13.1. The Hall–Kier alpha value is -0.760. The summed E-state index contributed by atoms with van der Waals surface area (Å²) in [4.78, 5) is 25.8. The number of allylic oxidation sites excluding steroid dienone is 2. The summed E-state index contributed by atoms with van der Waals surface area (Å²) in [5, 5.41) is 14.2. The average molecular weight is 1310 g/mol. The van der Waals surface area contributed by atoms with E-state index in [2.05, 4.69) is 31.3 Å². The van der Waals surface area contributed by atoms with Crippen LogP contribution in [0.15, 0.2) is 12.2 Å². The van der Waals surface area contributed by atoms with Gasteiger partial charge in [0, 0.05) is 6.42 Å². The van der Waals surface area contributed by atoms with Crippen LogP contribution in [0, 0.1) is 0 Å². The molecule has 0 aromatic heterocycles. The number of phosphoric acid groups is 1. The molecule has 2 N–H and O–H groups in total. The maximum atomic E-state index is 13.1. The fourth-order valence-electron chi connectivity index (χ4n) is 13.3. The Kier molecular flexibility index (Phi) is 72.9. The zero-order chi connectivity index (χ0) is 66.2. The molecule has 1 amide bonds. The van der Waals surface area contributed by atoms with E-state index >= 15 is 0 Å². The first-order valence-electron chi connectivity index (χ1n) is 41.5. The highest BCUT2D eigenvalue weighted by Gasteiger charge is 2.24. The molecule has 0 aliphatic heterocycles. The molecule has 0 aliphatic rings. The van der Waals surface area contributed by atoms with Gasteiger partial charge in [0.15, 0.2) is 0 Å². The van der Waals surface area contributed by atoms with Gasteiger partial charge in [0.05, 0.1) is 39.9 Å². The molecule has 0 fully saturated rings. The highest BCUT2D eigenvalue weighted by molar-refractivity contribution is 7.45. The van der Waals surface area contributed by atoms with Crippen molar-refractivity contribution in [3.8, 4) is 0 Å². The number of hydrogen-bond donors (Lipinski definition) is 2. The lowest BCUT2D eigenvalue weighted by Gasteiger charge is -2.30. The van der Waals surface area contributed by atoms with E-state index in [-0.39, 0.29) is 19.1 Å². The van der Waals surface area contributed by atoms with Crippen LogP contribution in [-0.4, -0.2) is 68.5 Å². The van der Waals surface area contributed by atoms with Gasteiger partial charge in [0.25, 0.3) is 7.82 Å². The van der Waals surface area contributed by atoms with E-state index in [1.165, 1.54) is 392 Å². The second kappa shape index (κ2) is 73.5. The second-order valence-electron chi connectivity index (χ2n) is 30.2. The molecule has 0 spiro atoms. The van der Waals surface area contributed by atoms with E-state index in [1.807, 2.05) is 21.1 Å². The number of nitrogens with zero attached hydrogens (tertiary/aromatic N) is 1. The van der Waals surface area contributed by atoms with Crippen molar-refractivity contribution in [1.29, 1.82) is 0 Å². The third-order valence-corrected chi connectivity index (χ3v) is 20.7. The predicted octanol–water partition coefficient (Wildman–Crippen LogP) is 26.6. The molecule has 0 aromatic rings. The van der Waals surface area contributed by atoms with Crippen LogP contribution in [0.1, 0.15) is 457 Å². The number of carbonyl (C=O) groups is 1. The van der Waals surface area contributed by atoms with Gasteiger partial charge in [0.2, 0.25) is 5.91 Å². The number of unbranched alkanes of at least 4 members (excludes halogenated alkanes) is 64. The number of quaternary nitrogens is 1. The van der Waals surface area contributed by atoms with Crippen molar-refractivity contribution in [2.24, 2.45) is 0 Å². The molecule has 0 bridgehead atoms. The highest BCUT2D eigenvalue weighted by Crippen LogP contribution is 2.38. The Balaban J connectivity index is 3.85. The van der Waals surface area contributed by atoms with Gasteiger partial charge < -0.3 is 28.8 Å². The van der Waals surface area contributed by atoms with E-state index in [1.54, 1.807) is 0 Å². The average Bonchev–Trinajstić information content (AvgIpc) is 3.59. The smallest absolute Gasteiger partial charge is 0.268 e. The van der Waals surface area contributed by atoms with Crippen molar-refractivity contribution in [1.82, 2.24) is 5.32 Å². The summed E-state index contributed by atoms with van der Waals surface area (Å²) in [6, 6.07) is -0.799. The molecule has 0 radical (unpaired) electrons. The second-order valence-corrected chi connectivity index (χ2v) is 31.6. The van der Waals surface area contributed by atoms with Gasteiger partial charge in [-0.15, -0.1) is 0 Å². The number of likely N-dealkylation sites (N-methyl/N-ethyl adjacent to an activating group) is 1. The van der Waals surface area contributed by atoms with E-state index in [9.17, 15) is 19.4 Å². The summed E-state index contributed by atoms with van der Waals surface area (Å²) >= 11 is 0. The molecule has 0 aliphatic carbocycles. The lowest BCUT2D eigenvalue weighted by molar-refractivity contribution is -0.870. The van der Waals surface area contributed by atoms with Crippen molar-refractivity contribution in [3.63, 3.8) is 0 Å². The van der Waals surface area contributed by atoms with Crippen molar-refractivity contribution in [2.45, 2.75) is 469 Å². The van der Waals surface area contributed by atoms with Crippen LogP contribution < -0.4 is 10.2 Å². The molecule has 0 saturated heterocycles. The minimum atomic E-state index is -4.58. The molecule has 3 unspecified atom stereocenters. The first-order valence-corrected chi connectivity index (χ1v) is 43.0. The number of nitrogens with one attached hydrogen (secondary N) is 1. The Morgan fingerprint density at radius 2 is 0.604 bits per heavy atom. The summed E-state index contributed by atoms with van der Waals surface area (Å²) < 4.78 is 23.6. The molecule has 9 heteroatoms. The molecule has 3 atom stereocenters. The van der Waals surface area contributed by atoms with Gasteiger partial charge in [0.1, 0.15) is 13.2 Å². The number of rotatable bonds is 79. The Bertz CT molecular complexity index is 1490. The highest BCUT2D eigenvalue weighted by atomic mass is 31.2. The van der Waals surface area contributed by atoms with E-state index in [0.29, 0.717) is 23.9 Å². The molecule has 0 heterocycles. The molecule has 8 nitrogen and oxygen atoms in total. The van der Waals surface area contributed by atoms with Crippen molar-refractivity contribution in [2.75, 3.05) is 40.9 Å². The third kappa shape index (κ3) is 76.5. The lowest BCUT2D eigenvalue weighted by atomic mass is 10.0. The summed E-state index contributed by atoms with van der Waals surface area (Å²) in [7, 11) is 1.33. The van der Waals surface area contributed by atoms with E-state index < -0.39 is 20.0 Å². The summed E-state index contributed by atoms with van der Waals surface area (Å²) in [5.74, 6) is -0.152. The molecule has 544 valence electrons. The molecule has 0 saturated carbocycles. The summed E-state index contributed by atoms with van der Waals surface area (Å²) in [6.45, 7) is 4.80. The zero-order valence-corrected chi connectivity index (χ0v) is 63.5. The topological polar surface area (TPSA) is 108 Å². The SMILES string of the molecule is CCCCCCCCCC/C=C\CCCCCCCCCCCCCCCCCCCCCCCCCCCCCCCC(=O)NC(COP(=O)([O-])OCC[N+](C)(C)C)C(O)CCCCCCCCCCCCCCCCCCCCCCCCCCCCCC. The molecule has 0 rings (SSSR count). The number of aliphatic hydroxyl groups excluding tert-OH is 1. The van der Waals surface area contributed by atoms with Crippen molar-refractivity contribution < 1.29 is 32.9 Å². The lowest BCUT2D eigenvalue weighted by Crippen LogP contribution is -2.46. The van der Waals surface area contributed by atoms with Gasteiger partial charge in [-0.3, -0.25) is 9.36 Å². The van der Waals surface area contributed by atoms with Gasteiger partial charge in [-0.1, -0.05) is 424 Å². The summed E-state index contributed by atoms with van der Waals surface area (Å²) in [6.07, 6.45) is 96.4. The fraction of sp³-hybridized carbons (Fsp3) is 0.963. The monoisotopic (exact) mass is 1310 g/mol. The first-order chi connectivity index (χ1) is 44.5. The quantitative estimate of drug-likeness (QED) is 0.0272. The summed E-state index contributed by atoms with van der Waals surface area (Å²) in [5.41, 5.74) is 0. The Labute approximate surface area is 571 Å². The van der Waals surface area contributed by atoms with Crippen LogP contribution >= 0.6 is 7.82 Å². The van der Waals surface area contributed by atoms with Crippen LogP contribution in [0.25, 0.3) is 0 Å². The number of phosphoric ester groups is 1. The third-order valence-electron chi connectivity index (χ3n) is 19.8. The number of carbonyl (C=O) groups excluding carboxylic acids is 1. The Morgan fingerprint density at radius 3 is 0.857 bits per heavy atom. The Morgan fingerprint density at radius 1 is 0.374 bits per heavy atom. The van der Waals surface area contributed by atoms with E-state index in [4.69, 9.17) is 9.05 Å². The number of hydrogen-bond acceptors (Lipinski definition) is 6. The van der Waals surface area contributed by atoms with Gasteiger partial charge in [-0.05, 0) is 38.5 Å². The van der Waals surface area contributed by atoms with E-state index in [0.717, 1.165) is 38.5 Å². The van der Waals surface area contributed by atoms with Crippen molar-refractivity contribution in [3.05, 3.63) is 12.2 Å². The van der Waals surface area contributed by atoms with Crippen molar-refractivity contribution >= 4 is 13.7 Å². The van der Waals surface area contributed by atoms with Gasteiger partial charge >= 0.3 is 0 Å². The zero-order valence-electron chi connectivity index (χ0n) is 62.6. The van der Waals surface area contributed by atoms with Crippen LogP contribution in [-0.2, 0) is 18.4 Å². The van der Waals surface area contributed by atoms with Gasteiger partial charge in [-0.2, -0.15) is 0 Å². The molecule has 91 heavy (non-hydrogen) atoms. The minimum Gasteiger partial charge on any atom is -0.756 e. The fourth-order valence-corrected chi connectivity index (χ4v) is 14.1. The molecular weight excluding hydrogens is 1140 g/mol. The first kappa shape index (κ1) is 90.2.